The van der Waals surface area contributed by atoms with Crippen molar-refractivity contribution in [3.05, 3.63) is 66.1 Å². The van der Waals surface area contributed by atoms with Crippen molar-refractivity contribution >= 4 is 16.8 Å². The molecule has 1 fully saturated rings. The van der Waals surface area contributed by atoms with Crippen LogP contribution in [0.3, 0.4) is 0 Å². The molecule has 0 radical (unpaired) electrons. The number of carbonyl (C=O) groups is 1. The van der Waals surface area contributed by atoms with Crippen molar-refractivity contribution < 1.29 is 4.79 Å². The summed E-state index contributed by atoms with van der Waals surface area (Å²) < 4.78 is 2.28. The normalized spacial score (nSPS) is 17.0. The lowest BCUT2D eigenvalue weighted by Crippen LogP contribution is -2.38. The molecule has 3 aromatic rings. The highest BCUT2D eigenvalue weighted by atomic mass is 16.1. The third kappa shape index (κ3) is 4.19. The first kappa shape index (κ1) is 17.7. The molecule has 27 heavy (non-hydrogen) atoms. The number of hydrogen-bond acceptors (Lipinski definition) is 3. The van der Waals surface area contributed by atoms with Crippen LogP contribution in [0.1, 0.15) is 31.0 Å². The van der Waals surface area contributed by atoms with E-state index in [0.29, 0.717) is 6.42 Å². The van der Waals surface area contributed by atoms with Gasteiger partial charge in [0.2, 0.25) is 5.91 Å². The molecule has 5 nitrogen and oxygen atoms in total. The standard InChI is InChI=1S/C22H26N4O/c1-2-26-12-10-18-7-6-17(13-21(18)26)14-25(15-19-5-3-4-11-23-19)16-20-8-9-22(27)24-20/h3-7,10-13,20H,2,8-9,14-16H2,1H3,(H,24,27)/t20-/m0/s1. The largest absolute Gasteiger partial charge is 0.352 e. The van der Waals surface area contributed by atoms with Crippen LogP contribution >= 0.6 is 0 Å². The number of aryl methyl sites for hydroxylation is 1. The maximum Gasteiger partial charge on any atom is 0.220 e. The third-order valence-electron chi connectivity index (χ3n) is 5.26. The van der Waals surface area contributed by atoms with Crippen LogP contribution in [0.15, 0.2) is 54.9 Å². The van der Waals surface area contributed by atoms with E-state index in [9.17, 15) is 4.79 Å². The molecule has 0 spiro atoms. The maximum absolute atomic E-state index is 11.6. The summed E-state index contributed by atoms with van der Waals surface area (Å²) in [4.78, 5) is 18.5. The van der Waals surface area contributed by atoms with Gasteiger partial charge in [-0.15, -0.1) is 0 Å². The molecule has 1 aliphatic rings. The summed E-state index contributed by atoms with van der Waals surface area (Å²) in [5.74, 6) is 0.167. The molecule has 1 N–H and O–H groups in total. The molecule has 0 saturated carbocycles. The van der Waals surface area contributed by atoms with E-state index >= 15 is 0 Å². The van der Waals surface area contributed by atoms with Crippen molar-refractivity contribution in [2.24, 2.45) is 0 Å². The highest BCUT2D eigenvalue weighted by molar-refractivity contribution is 5.81. The van der Waals surface area contributed by atoms with Crippen LogP contribution in [-0.4, -0.2) is 32.9 Å². The zero-order chi connectivity index (χ0) is 18.6. The molecule has 140 valence electrons. The van der Waals surface area contributed by atoms with Crippen LogP contribution in [0.25, 0.3) is 10.9 Å². The van der Waals surface area contributed by atoms with Crippen molar-refractivity contribution in [1.82, 2.24) is 19.8 Å². The fraction of sp³-hybridized carbons (Fsp3) is 0.364. The van der Waals surface area contributed by atoms with Gasteiger partial charge >= 0.3 is 0 Å². The highest BCUT2D eigenvalue weighted by Crippen LogP contribution is 2.20. The van der Waals surface area contributed by atoms with Gasteiger partial charge in [0.1, 0.15) is 0 Å². The average Bonchev–Trinajstić information content (AvgIpc) is 3.28. The Labute approximate surface area is 160 Å². The topological polar surface area (TPSA) is 50.2 Å². The summed E-state index contributed by atoms with van der Waals surface area (Å²) in [6, 6.07) is 15.1. The van der Waals surface area contributed by atoms with Gasteiger partial charge in [0.05, 0.1) is 5.69 Å². The Hall–Kier alpha value is -2.66. The van der Waals surface area contributed by atoms with Crippen LogP contribution in [0.5, 0.6) is 0 Å². The molecule has 5 heteroatoms. The van der Waals surface area contributed by atoms with E-state index in [-0.39, 0.29) is 11.9 Å². The van der Waals surface area contributed by atoms with E-state index < -0.39 is 0 Å². The summed E-state index contributed by atoms with van der Waals surface area (Å²) in [7, 11) is 0. The van der Waals surface area contributed by atoms with E-state index in [2.05, 4.69) is 63.2 Å². The lowest BCUT2D eigenvalue weighted by Gasteiger charge is -2.25. The minimum absolute atomic E-state index is 0.167. The second-order valence-corrected chi connectivity index (χ2v) is 7.29. The zero-order valence-electron chi connectivity index (χ0n) is 15.8. The summed E-state index contributed by atoms with van der Waals surface area (Å²) in [5, 5.41) is 4.37. The number of pyridine rings is 1. The van der Waals surface area contributed by atoms with Crippen LogP contribution in [0.2, 0.25) is 0 Å². The van der Waals surface area contributed by atoms with Crippen molar-refractivity contribution in [3.8, 4) is 0 Å². The predicted octanol–water partition coefficient (Wildman–Crippen LogP) is 3.34. The first-order chi connectivity index (χ1) is 13.2. The van der Waals surface area contributed by atoms with E-state index in [1.54, 1.807) is 0 Å². The maximum atomic E-state index is 11.6. The van der Waals surface area contributed by atoms with Gasteiger partial charge in [-0.3, -0.25) is 14.7 Å². The van der Waals surface area contributed by atoms with Gasteiger partial charge in [0, 0.05) is 56.6 Å². The van der Waals surface area contributed by atoms with E-state index in [1.807, 2.05) is 18.3 Å². The minimum atomic E-state index is 0.167. The van der Waals surface area contributed by atoms with Gasteiger partial charge in [-0.05, 0) is 48.6 Å². The molecule has 4 rings (SSSR count). The molecule has 0 bridgehead atoms. The first-order valence-electron chi connectivity index (χ1n) is 9.70. The molecular weight excluding hydrogens is 336 g/mol. The van der Waals surface area contributed by atoms with Crippen molar-refractivity contribution in [3.63, 3.8) is 0 Å². The number of nitrogens with zero attached hydrogens (tertiary/aromatic N) is 3. The number of rotatable bonds is 7. The highest BCUT2D eigenvalue weighted by Gasteiger charge is 2.23. The summed E-state index contributed by atoms with van der Waals surface area (Å²) in [6.45, 7) is 5.60. The van der Waals surface area contributed by atoms with Gasteiger partial charge in [-0.2, -0.15) is 0 Å². The minimum Gasteiger partial charge on any atom is -0.352 e. The Morgan fingerprint density at radius 3 is 2.89 bits per heavy atom. The molecule has 2 aromatic heterocycles. The number of aromatic nitrogens is 2. The summed E-state index contributed by atoms with van der Waals surface area (Å²) >= 11 is 0. The lowest BCUT2D eigenvalue weighted by atomic mass is 10.1. The number of nitrogens with one attached hydrogen (secondary N) is 1. The first-order valence-corrected chi connectivity index (χ1v) is 9.70. The fourth-order valence-corrected chi connectivity index (χ4v) is 3.89. The zero-order valence-corrected chi connectivity index (χ0v) is 15.8. The lowest BCUT2D eigenvalue weighted by molar-refractivity contribution is -0.119. The van der Waals surface area contributed by atoms with Crippen molar-refractivity contribution in [2.75, 3.05) is 6.54 Å². The van der Waals surface area contributed by atoms with Crippen LogP contribution in [0.4, 0.5) is 0 Å². The second-order valence-electron chi connectivity index (χ2n) is 7.29. The molecule has 1 aliphatic heterocycles. The fourth-order valence-electron chi connectivity index (χ4n) is 3.89. The van der Waals surface area contributed by atoms with Crippen LogP contribution in [-0.2, 0) is 24.4 Å². The Kier molecular flexibility index (Phi) is 5.21. The van der Waals surface area contributed by atoms with Crippen LogP contribution in [0, 0.1) is 0 Å². The van der Waals surface area contributed by atoms with Gasteiger partial charge in [0.15, 0.2) is 0 Å². The quantitative estimate of drug-likeness (QED) is 0.701. The molecule has 0 unspecified atom stereocenters. The number of benzene rings is 1. The smallest absolute Gasteiger partial charge is 0.220 e. The molecule has 0 aliphatic carbocycles. The van der Waals surface area contributed by atoms with Crippen LogP contribution < -0.4 is 5.32 Å². The Morgan fingerprint density at radius 1 is 1.22 bits per heavy atom. The number of hydrogen-bond donors (Lipinski definition) is 1. The van der Waals surface area contributed by atoms with E-state index in [0.717, 1.165) is 38.3 Å². The summed E-state index contributed by atoms with van der Waals surface area (Å²) in [5.41, 5.74) is 3.62. The number of fused-ring (bicyclic) bond motifs is 1. The Morgan fingerprint density at radius 2 is 2.15 bits per heavy atom. The van der Waals surface area contributed by atoms with E-state index in [4.69, 9.17) is 0 Å². The third-order valence-corrected chi connectivity index (χ3v) is 5.26. The monoisotopic (exact) mass is 362 g/mol. The number of carbonyl (C=O) groups excluding carboxylic acids is 1. The molecule has 3 heterocycles. The van der Waals surface area contributed by atoms with Gasteiger partial charge < -0.3 is 9.88 Å². The summed E-state index contributed by atoms with van der Waals surface area (Å²) in [6.07, 6.45) is 5.53. The van der Waals surface area contributed by atoms with Crippen molar-refractivity contribution in [2.45, 2.75) is 45.4 Å². The van der Waals surface area contributed by atoms with Gasteiger partial charge in [0.25, 0.3) is 0 Å². The Bertz CT molecular complexity index is 918. The molecule has 1 saturated heterocycles. The average molecular weight is 362 g/mol. The van der Waals surface area contributed by atoms with E-state index in [1.165, 1.54) is 16.5 Å². The van der Waals surface area contributed by atoms with Crippen molar-refractivity contribution in [1.29, 1.82) is 0 Å². The Balaban J connectivity index is 1.54. The number of amides is 1. The SMILES string of the molecule is CCn1ccc2ccc(CN(Cc3ccccn3)C[C@@H]3CCC(=O)N3)cc21. The van der Waals surface area contributed by atoms with Gasteiger partial charge in [-0.25, -0.2) is 0 Å². The molecular formula is C22H26N4O. The second kappa shape index (κ2) is 7.92. The molecule has 1 atom stereocenters. The molecule has 1 amide bonds. The van der Waals surface area contributed by atoms with Gasteiger partial charge in [-0.1, -0.05) is 18.2 Å². The predicted molar refractivity (Wildman–Crippen MR) is 107 cm³/mol. The molecule has 1 aromatic carbocycles.